The molecule has 0 radical (unpaired) electrons. The lowest BCUT2D eigenvalue weighted by Gasteiger charge is -2.08. The number of halogens is 1. The van der Waals surface area contributed by atoms with E-state index >= 15 is 0 Å². The van der Waals surface area contributed by atoms with Crippen LogP contribution in [0.2, 0.25) is 5.02 Å². The zero-order valence-corrected chi connectivity index (χ0v) is 16.2. The van der Waals surface area contributed by atoms with Crippen LogP contribution in [-0.4, -0.2) is 21.4 Å². The molecule has 4 aromatic rings. The summed E-state index contributed by atoms with van der Waals surface area (Å²) in [4.78, 5) is 25.1. The van der Waals surface area contributed by atoms with Crippen LogP contribution in [0, 0.1) is 0 Å². The Labute approximate surface area is 170 Å². The van der Waals surface area contributed by atoms with Crippen molar-refractivity contribution in [3.63, 3.8) is 0 Å². The lowest BCUT2D eigenvalue weighted by molar-refractivity contribution is 0.375. The van der Waals surface area contributed by atoms with E-state index in [1.807, 2.05) is 24.3 Å². The van der Waals surface area contributed by atoms with E-state index < -0.39 is 11.2 Å². The van der Waals surface area contributed by atoms with E-state index in [0.717, 1.165) is 15.9 Å². The highest BCUT2D eigenvalue weighted by molar-refractivity contribution is 6.30. The van der Waals surface area contributed by atoms with Gasteiger partial charge in [-0.15, -0.1) is 0 Å². The molecule has 0 spiro atoms. The van der Waals surface area contributed by atoms with Gasteiger partial charge in [0.05, 0.1) is 19.3 Å². The van der Waals surface area contributed by atoms with E-state index in [1.54, 1.807) is 37.4 Å². The van der Waals surface area contributed by atoms with Crippen molar-refractivity contribution in [2.24, 2.45) is 0 Å². The van der Waals surface area contributed by atoms with Crippen LogP contribution in [0.5, 0.6) is 5.75 Å². The zero-order valence-electron chi connectivity index (χ0n) is 15.4. The van der Waals surface area contributed by atoms with Crippen molar-refractivity contribution in [1.82, 2.24) is 14.3 Å². The Morgan fingerprint density at radius 1 is 1.07 bits per heavy atom. The molecule has 0 unspecified atom stereocenters. The quantitative estimate of drug-likeness (QED) is 0.505. The maximum Gasteiger partial charge on any atom is 0.336 e. The number of hydrogen-bond acceptors (Lipinski definition) is 5. The second-order valence-electron chi connectivity index (χ2n) is 6.29. The van der Waals surface area contributed by atoms with E-state index in [1.165, 1.54) is 16.8 Å². The second kappa shape index (κ2) is 7.81. The van der Waals surface area contributed by atoms with Gasteiger partial charge in [-0.25, -0.2) is 9.36 Å². The van der Waals surface area contributed by atoms with Gasteiger partial charge in [-0.2, -0.15) is 0 Å². The standard InChI is InChI=1S/C21H16ClN3O4/c1-28-17-7-5-14(6-8-17)19-12-18(29-23-19)13-24-10-9-20(26)25(21(24)27)16-4-2-3-15(22)11-16/h2-12H,13H2,1H3. The van der Waals surface area contributed by atoms with Gasteiger partial charge in [-0.1, -0.05) is 22.8 Å². The van der Waals surface area contributed by atoms with Gasteiger partial charge in [0.1, 0.15) is 11.4 Å². The molecule has 4 rings (SSSR count). The smallest absolute Gasteiger partial charge is 0.336 e. The van der Waals surface area contributed by atoms with Crippen LogP contribution >= 0.6 is 11.6 Å². The number of methoxy groups -OCH3 is 1. The third kappa shape index (κ3) is 3.86. The number of hydrogen-bond donors (Lipinski definition) is 0. The van der Waals surface area contributed by atoms with E-state index in [0.29, 0.717) is 22.2 Å². The Kier molecular flexibility index (Phi) is 5.05. The molecule has 0 amide bonds. The number of nitrogens with zero attached hydrogens (tertiary/aromatic N) is 3. The van der Waals surface area contributed by atoms with Gasteiger partial charge in [0.15, 0.2) is 5.76 Å². The molecule has 0 saturated heterocycles. The van der Waals surface area contributed by atoms with E-state index in [-0.39, 0.29) is 6.54 Å². The van der Waals surface area contributed by atoms with Crippen molar-refractivity contribution in [3.8, 4) is 22.7 Å². The molecule has 2 aromatic carbocycles. The maximum absolute atomic E-state index is 12.9. The summed E-state index contributed by atoms with van der Waals surface area (Å²) in [6, 6.07) is 17.0. The first kappa shape index (κ1) is 18.8. The van der Waals surface area contributed by atoms with E-state index in [4.69, 9.17) is 20.9 Å². The van der Waals surface area contributed by atoms with Crippen LogP contribution in [0.4, 0.5) is 0 Å². The summed E-state index contributed by atoms with van der Waals surface area (Å²) in [7, 11) is 1.60. The molecule has 0 saturated carbocycles. The first-order valence-electron chi connectivity index (χ1n) is 8.73. The van der Waals surface area contributed by atoms with Crippen LogP contribution in [0.3, 0.4) is 0 Å². The van der Waals surface area contributed by atoms with Crippen molar-refractivity contribution in [2.45, 2.75) is 6.54 Å². The molecular formula is C21H16ClN3O4. The maximum atomic E-state index is 12.9. The number of benzene rings is 2. The Hall–Kier alpha value is -3.58. The lowest BCUT2D eigenvalue weighted by atomic mass is 10.1. The van der Waals surface area contributed by atoms with Gasteiger partial charge in [-0.05, 0) is 42.5 Å². The van der Waals surface area contributed by atoms with Crippen molar-refractivity contribution in [1.29, 1.82) is 0 Å². The Morgan fingerprint density at radius 2 is 1.86 bits per heavy atom. The minimum Gasteiger partial charge on any atom is -0.497 e. The van der Waals surface area contributed by atoms with Crippen molar-refractivity contribution in [2.75, 3.05) is 7.11 Å². The fourth-order valence-corrected chi connectivity index (χ4v) is 3.13. The highest BCUT2D eigenvalue weighted by Gasteiger charge is 2.12. The molecule has 146 valence electrons. The predicted octanol–water partition coefficient (Wildman–Crippen LogP) is 3.36. The molecule has 8 heteroatoms. The van der Waals surface area contributed by atoms with Crippen LogP contribution in [-0.2, 0) is 6.54 Å². The third-order valence-corrected chi connectivity index (χ3v) is 4.63. The van der Waals surface area contributed by atoms with Gasteiger partial charge in [0.2, 0.25) is 0 Å². The summed E-state index contributed by atoms with van der Waals surface area (Å²) in [6.07, 6.45) is 1.43. The zero-order chi connectivity index (χ0) is 20.4. The van der Waals surface area contributed by atoms with Gasteiger partial charge < -0.3 is 9.26 Å². The lowest BCUT2D eigenvalue weighted by Crippen LogP contribution is -2.37. The van der Waals surface area contributed by atoms with E-state index in [2.05, 4.69) is 5.16 Å². The Morgan fingerprint density at radius 3 is 2.59 bits per heavy atom. The van der Waals surface area contributed by atoms with E-state index in [9.17, 15) is 9.59 Å². The summed E-state index contributed by atoms with van der Waals surface area (Å²) >= 11 is 5.99. The van der Waals surface area contributed by atoms with Crippen LogP contribution in [0.1, 0.15) is 5.76 Å². The second-order valence-corrected chi connectivity index (χ2v) is 6.72. The molecule has 0 atom stereocenters. The van der Waals surface area contributed by atoms with Gasteiger partial charge >= 0.3 is 5.69 Å². The van der Waals surface area contributed by atoms with Crippen molar-refractivity contribution in [3.05, 3.63) is 98.5 Å². The van der Waals surface area contributed by atoms with Crippen LogP contribution < -0.4 is 16.0 Å². The van der Waals surface area contributed by atoms with Gasteiger partial charge in [-0.3, -0.25) is 9.36 Å². The highest BCUT2D eigenvalue weighted by Crippen LogP contribution is 2.22. The summed E-state index contributed by atoms with van der Waals surface area (Å²) in [5.41, 5.74) is 0.960. The average molecular weight is 410 g/mol. The summed E-state index contributed by atoms with van der Waals surface area (Å²) in [6.45, 7) is 0.128. The summed E-state index contributed by atoms with van der Waals surface area (Å²) < 4.78 is 13.0. The summed E-state index contributed by atoms with van der Waals surface area (Å²) in [5, 5.41) is 4.49. The minimum atomic E-state index is -0.498. The molecule has 0 aliphatic carbocycles. The molecule has 29 heavy (non-hydrogen) atoms. The fraction of sp³-hybridized carbons (Fsp3) is 0.0952. The van der Waals surface area contributed by atoms with Crippen molar-refractivity contribution < 1.29 is 9.26 Å². The largest absolute Gasteiger partial charge is 0.497 e. The average Bonchev–Trinajstić information content (AvgIpc) is 3.19. The van der Waals surface area contributed by atoms with Crippen LogP contribution in [0.15, 0.2) is 81.0 Å². The first-order valence-corrected chi connectivity index (χ1v) is 9.11. The Balaban J connectivity index is 1.65. The molecule has 7 nitrogen and oxygen atoms in total. The van der Waals surface area contributed by atoms with Crippen LogP contribution in [0.25, 0.3) is 16.9 Å². The minimum absolute atomic E-state index is 0.128. The molecule has 0 fully saturated rings. The molecule has 0 aliphatic rings. The molecular weight excluding hydrogens is 394 g/mol. The monoisotopic (exact) mass is 409 g/mol. The molecule has 0 N–H and O–H groups in total. The Bertz CT molecular complexity index is 1270. The number of aromatic nitrogens is 3. The number of rotatable bonds is 5. The van der Waals surface area contributed by atoms with Gasteiger partial charge in [0.25, 0.3) is 5.56 Å². The van der Waals surface area contributed by atoms with Gasteiger partial charge in [0, 0.05) is 28.9 Å². The SMILES string of the molecule is COc1ccc(-c2cc(Cn3ccc(=O)n(-c4cccc(Cl)c4)c3=O)on2)cc1. The number of ether oxygens (including phenoxy) is 1. The molecule has 2 aromatic heterocycles. The molecule has 0 bridgehead atoms. The predicted molar refractivity (Wildman–Crippen MR) is 109 cm³/mol. The van der Waals surface area contributed by atoms with Crippen molar-refractivity contribution >= 4 is 11.6 Å². The highest BCUT2D eigenvalue weighted by atomic mass is 35.5. The normalized spacial score (nSPS) is 10.8. The first-order chi connectivity index (χ1) is 14.0. The summed E-state index contributed by atoms with van der Waals surface area (Å²) in [5.74, 6) is 1.22. The molecule has 2 heterocycles. The third-order valence-electron chi connectivity index (χ3n) is 4.39. The molecule has 0 aliphatic heterocycles. The topological polar surface area (TPSA) is 79.3 Å². The fourth-order valence-electron chi connectivity index (χ4n) is 2.94.